The van der Waals surface area contributed by atoms with E-state index in [4.69, 9.17) is 4.74 Å². The molecule has 1 aromatic rings. The summed E-state index contributed by atoms with van der Waals surface area (Å²) in [4.78, 5) is 0. The molecule has 4 atom stereocenters. The Labute approximate surface area is 120 Å². The van der Waals surface area contributed by atoms with Crippen molar-refractivity contribution in [2.24, 2.45) is 5.41 Å². The van der Waals surface area contributed by atoms with E-state index in [2.05, 4.69) is 19.1 Å². The van der Waals surface area contributed by atoms with E-state index in [1.807, 2.05) is 19.9 Å². The Morgan fingerprint density at radius 3 is 2.50 bits per heavy atom. The fourth-order valence-electron chi connectivity index (χ4n) is 3.76. The first kappa shape index (κ1) is 13.6. The van der Waals surface area contributed by atoms with Crippen molar-refractivity contribution in [1.82, 2.24) is 0 Å². The van der Waals surface area contributed by atoms with Crippen LogP contribution in [0.2, 0.25) is 0 Å². The van der Waals surface area contributed by atoms with Crippen LogP contribution in [0.15, 0.2) is 12.1 Å². The zero-order chi connectivity index (χ0) is 14.5. The summed E-state index contributed by atoms with van der Waals surface area (Å²) >= 11 is 0. The molecule has 2 saturated heterocycles. The summed E-state index contributed by atoms with van der Waals surface area (Å²) in [6, 6.07) is 6.51. The fraction of sp³-hybridized carbons (Fsp3) is 0.588. The molecule has 0 aliphatic carbocycles. The maximum absolute atomic E-state index is 10.9. The van der Waals surface area contributed by atoms with E-state index in [1.54, 1.807) is 0 Å². The highest BCUT2D eigenvalue weighted by molar-refractivity contribution is 5.40. The molecule has 0 spiro atoms. The van der Waals surface area contributed by atoms with Gasteiger partial charge in [-0.05, 0) is 62.3 Å². The van der Waals surface area contributed by atoms with Crippen molar-refractivity contribution in [2.45, 2.75) is 58.3 Å². The van der Waals surface area contributed by atoms with Crippen LogP contribution in [0.3, 0.4) is 0 Å². The van der Waals surface area contributed by atoms with Gasteiger partial charge >= 0.3 is 0 Å². The Kier molecular flexibility index (Phi) is 3.12. The van der Waals surface area contributed by atoms with Gasteiger partial charge in [0.05, 0.1) is 18.3 Å². The Morgan fingerprint density at radius 2 is 1.95 bits per heavy atom. The molecule has 3 heteroatoms. The maximum atomic E-state index is 10.9. The molecule has 0 amide bonds. The van der Waals surface area contributed by atoms with Crippen LogP contribution in [-0.4, -0.2) is 17.3 Å². The summed E-state index contributed by atoms with van der Waals surface area (Å²) in [6.07, 6.45) is 1.84. The highest BCUT2D eigenvalue weighted by Gasteiger charge is 2.57. The van der Waals surface area contributed by atoms with Gasteiger partial charge in [0.25, 0.3) is 0 Å². The van der Waals surface area contributed by atoms with Crippen LogP contribution in [-0.2, 0) is 4.74 Å². The number of ether oxygens (including phenoxy) is 1. The lowest BCUT2D eigenvalue weighted by Crippen LogP contribution is -2.37. The molecule has 0 aromatic heterocycles. The minimum atomic E-state index is -0.768. The van der Waals surface area contributed by atoms with Crippen molar-refractivity contribution in [3.63, 3.8) is 0 Å². The number of aliphatic hydroxyl groups is 1. The standard InChI is InChI=1S/C17H21NO2/c1-10-6-12(3)14(7-11(10)2)16(19)17(9-18)8-13-4-5-15(17)20-13/h6-7,13,15-16,19H,4-5,8H2,1-3H3. The van der Waals surface area contributed by atoms with Crippen molar-refractivity contribution in [1.29, 1.82) is 5.26 Å². The number of fused-ring (bicyclic) bond motifs is 2. The van der Waals surface area contributed by atoms with E-state index in [-0.39, 0.29) is 12.2 Å². The van der Waals surface area contributed by atoms with Crippen molar-refractivity contribution in [2.75, 3.05) is 0 Å². The Balaban J connectivity index is 2.02. The monoisotopic (exact) mass is 271 g/mol. The predicted molar refractivity (Wildman–Crippen MR) is 76.2 cm³/mol. The van der Waals surface area contributed by atoms with Gasteiger partial charge in [-0.2, -0.15) is 5.26 Å². The SMILES string of the molecule is Cc1cc(C)c(C(O)C2(C#N)CC3CCC2O3)cc1C. The quantitative estimate of drug-likeness (QED) is 0.899. The molecule has 2 heterocycles. The lowest BCUT2D eigenvalue weighted by molar-refractivity contribution is 0.00309. The molecule has 2 bridgehead atoms. The highest BCUT2D eigenvalue weighted by atomic mass is 16.5. The predicted octanol–water partition coefficient (Wildman–Crippen LogP) is 3.11. The first-order chi connectivity index (χ1) is 9.48. The maximum Gasteiger partial charge on any atom is 0.116 e. The number of hydrogen-bond acceptors (Lipinski definition) is 3. The molecular formula is C17H21NO2. The van der Waals surface area contributed by atoms with Crippen LogP contribution in [0, 0.1) is 37.5 Å². The molecule has 2 aliphatic heterocycles. The van der Waals surface area contributed by atoms with Crippen molar-refractivity contribution >= 4 is 0 Å². The topological polar surface area (TPSA) is 53.2 Å². The van der Waals surface area contributed by atoms with Crippen molar-refractivity contribution in [3.8, 4) is 6.07 Å². The van der Waals surface area contributed by atoms with Crippen molar-refractivity contribution < 1.29 is 9.84 Å². The van der Waals surface area contributed by atoms with Crippen LogP contribution in [0.1, 0.15) is 47.6 Å². The highest BCUT2D eigenvalue weighted by Crippen LogP contribution is 2.54. The third-order valence-corrected chi connectivity index (χ3v) is 5.12. The smallest absolute Gasteiger partial charge is 0.116 e. The molecule has 0 radical (unpaired) electrons. The average Bonchev–Trinajstić information content (AvgIpc) is 3.03. The molecule has 2 fully saturated rings. The van der Waals surface area contributed by atoms with E-state index >= 15 is 0 Å². The summed E-state index contributed by atoms with van der Waals surface area (Å²) in [5.41, 5.74) is 3.54. The normalized spacial score (nSPS) is 33.1. The number of aliphatic hydroxyl groups excluding tert-OH is 1. The largest absolute Gasteiger partial charge is 0.387 e. The number of aryl methyl sites for hydroxylation is 3. The molecule has 4 unspecified atom stereocenters. The molecule has 1 aromatic carbocycles. The van der Waals surface area contributed by atoms with Gasteiger partial charge in [0.1, 0.15) is 11.5 Å². The van der Waals surface area contributed by atoms with Gasteiger partial charge in [-0.3, -0.25) is 0 Å². The first-order valence-corrected chi connectivity index (χ1v) is 7.30. The van der Waals surface area contributed by atoms with Crippen LogP contribution in [0.5, 0.6) is 0 Å². The zero-order valence-corrected chi connectivity index (χ0v) is 12.3. The summed E-state index contributed by atoms with van der Waals surface area (Å²) in [7, 11) is 0. The second-order valence-corrected chi connectivity index (χ2v) is 6.38. The van der Waals surface area contributed by atoms with E-state index in [9.17, 15) is 10.4 Å². The number of hydrogen-bond donors (Lipinski definition) is 1. The number of rotatable bonds is 2. The average molecular weight is 271 g/mol. The lowest BCUT2D eigenvalue weighted by Gasteiger charge is -2.34. The molecule has 1 N–H and O–H groups in total. The van der Waals surface area contributed by atoms with Gasteiger partial charge in [-0.1, -0.05) is 12.1 Å². The fourth-order valence-corrected chi connectivity index (χ4v) is 3.76. The van der Waals surface area contributed by atoms with E-state index in [0.717, 1.165) is 29.5 Å². The molecule has 2 aliphatic rings. The van der Waals surface area contributed by atoms with Gasteiger partial charge in [0.15, 0.2) is 0 Å². The molecule has 20 heavy (non-hydrogen) atoms. The van der Waals surface area contributed by atoms with Gasteiger partial charge in [-0.25, -0.2) is 0 Å². The van der Waals surface area contributed by atoms with E-state index < -0.39 is 11.5 Å². The van der Waals surface area contributed by atoms with Gasteiger partial charge < -0.3 is 9.84 Å². The van der Waals surface area contributed by atoms with Crippen LogP contribution >= 0.6 is 0 Å². The lowest BCUT2D eigenvalue weighted by atomic mass is 9.68. The first-order valence-electron chi connectivity index (χ1n) is 7.30. The summed E-state index contributed by atoms with van der Waals surface area (Å²) in [5, 5.41) is 20.6. The third-order valence-electron chi connectivity index (χ3n) is 5.12. The van der Waals surface area contributed by atoms with Crippen molar-refractivity contribution in [3.05, 3.63) is 34.4 Å². The zero-order valence-electron chi connectivity index (χ0n) is 12.3. The Hall–Kier alpha value is -1.37. The summed E-state index contributed by atoms with van der Waals surface area (Å²) in [5.74, 6) is 0. The molecule has 3 rings (SSSR count). The number of nitriles is 1. The van der Waals surface area contributed by atoms with Crippen LogP contribution < -0.4 is 0 Å². The number of nitrogens with zero attached hydrogens (tertiary/aromatic N) is 1. The molecule has 3 nitrogen and oxygen atoms in total. The number of benzene rings is 1. The van der Waals surface area contributed by atoms with Crippen LogP contribution in [0.25, 0.3) is 0 Å². The second kappa shape index (κ2) is 4.58. The molecule has 0 saturated carbocycles. The molecule has 106 valence electrons. The minimum Gasteiger partial charge on any atom is -0.387 e. The van der Waals surface area contributed by atoms with Crippen LogP contribution in [0.4, 0.5) is 0 Å². The third kappa shape index (κ3) is 1.79. The van der Waals surface area contributed by atoms with Gasteiger partial charge in [0, 0.05) is 0 Å². The summed E-state index contributed by atoms with van der Waals surface area (Å²) < 4.78 is 5.83. The molecular weight excluding hydrogens is 250 g/mol. The summed E-state index contributed by atoms with van der Waals surface area (Å²) in [6.45, 7) is 6.12. The van der Waals surface area contributed by atoms with Gasteiger partial charge in [0.2, 0.25) is 0 Å². The second-order valence-electron chi connectivity index (χ2n) is 6.38. The Bertz CT molecular complexity index is 589. The van der Waals surface area contributed by atoms with Gasteiger partial charge in [-0.15, -0.1) is 0 Å². The van der Waals surface area contributed by atoms with E-state index in [0.29, 0.717) is 6.42 Å². The Morgan fingerprint density at radius 1 is 1.25 bits per heavy atom. The van der Waals surface area contributed by atoms with E-state index in [1.165, 1.54) is 5.56 Å². The minimum absolute atomic E-state index is 0.117.